The van der Waals surface area contributed by atoms with E-state index in [0.29, 0.717) is 5.92 Å². The van der Waals surface area contributed by atoms with Crippen LogP contribution in [0.15, 0.2) is 46.2 Å². The standard InChI is InChI=1S/C17H20N2S/c1-11(2)16-13(19(3)4)9-10-15-17(16)18-12-7-5-6-8-14(12)20-15/h5-11,18H,1-4H3. The van der Waals surface area contributed by atoms with Gasteiger partial charge in [0.05, 0.1) is 11.4 Å². The number of benzene rings is 2. The van der Waals surface area contributed by atoms with Crippen LogP contribution < -0.4 is 10.2 Å². The van der Waals surface area contributed by atoms with Gasteiger partial charge in [-0.2, -0.15) is 0 Å². The second kappa shape index (κ2) is 5.06. The fourth-order valence-corrected chi connectivity index (χ4v) is 3.70. The zero-order chi connectivity index (χ0) is 14.3. The lowest BCUT2D eigenvalue weighted by atomic mass is 9.97. The van der Waals surface area contributed by atoms with Crippen LogP contribution in [0.1, 0.15) is 25.3 Å². The maximum absolute atomic E-state index is 3.64. The van der Waals surface area contributed by atoms with Gasteiger partial charge in [0.2, 0.25) is 0 Å². The first-order valence-electron chi connectivity index (χ1n) is 6.96. The summed E-state index contributed by atoms with van der Waals surface area (Å²) < 4.78 is 0. The van der Waals surface area contributed by atoms with Gasteiger partial charge >= 0.3 is 0 Å². The average molecular weight is 284 g/mol. The number of fused-ring (bicyclic) bond motifs is 2. The Hall–Kier alpha value is -1.61. The quantitative estimate of drug-likeness (QED) is 0.706. The summed E-state index contributed by atoms with van der Waals surface area (Å²) in [7, 11) is 4.22. The number of hydrogen-bond acceptors (Lipinski definition) is 3. The molecule has 2 aromatic rings. The molecule has 0 saturated carbocycles. The summed E-state index contributed by atoms with van der Waals surface area (Å²) in [6, 6.07) is 13.0. The zero-order valence-corrected chi connectivity index (χ0v) is 13.2. The molecule has 0 bridgehead atoms. The van der Waals surface area contributed by atoms with Crippen LogP contribution in [-0.2, 0) is 0 Å². The molecule has 1 aliphatic heterocycles. The van der Waals surface area contributed by atoms with Crippen LogP contribution in [0.25, 0.3) is 0 Å². The molecule has 1 N–H and O–H groups in total. The van der Waals surface area contributed by atoms with Crippen LogP contribution in [0.3, 0.4) is 0 Å². The predicted octanol–water partition coefficient (Wildman–Crippen LogP) is 5.08. The Morgan fingerprint density at radius 3 is 2.45 bits per heavy atom. The molecule has 104 valence electrons. The Balaban J connectivity index is 2.16. The van der Waals surface area contributed by atoms with Gasteiger partial charge in [-0.1, -0.05) is 37.7 Å². The lowest BCUT2D eigenvalue weighted by Gasteiger charge is -2.28. The normalized spacial score (nSPS) is 12.7. The van der Waals surface area contributed by atoms with Crippen LogP contribution in [-0.4, -0.2) is 14.1 Å². The van der Waals surface area contributed by atoms with Crippen molar-refractivity contribution in [2.24, 2.45) is 0 Å². The first kappa shape index (κ1) is 13.4. The van der Waals surface area contributed by atoms with Crippen molar-refractivity contribution in [3.63, 3.8) is 0 Å². The third-order valence-electron chi connectivity index (χ3n) is 3.61. The van der Waals surface area contributed by atoms with E-state index >= 15 is 0 Å². The van der Waals surface area contributed by atoms with Crippen molar-refractivity contribution in [1.29, 1.82) is 0 Å². The van der Waals surface area contributed by atoms with E-state index in [1.165, 1.54) is 32.4 Å². The van der Waals surface area contributed by atoms with Gasteiger partial charge in [-0.05, 0) is 30.2 Å². The van der Waals surface area contributed by atoms with E-state index < -0.39 is 0 Å². The third kappa shape index (κ3) is 2.16. The van der Waals surface area contributed by atoms with Crippen molar-refractivity contribution in [1.82, 2.24) is 0 Å². The molecule has 0 saturated heterocycles. The van der Waals surface area contributed by atoms with Crippen molar-refractivity contribution in [2.75, 3.05) is 24.3 Å². The summed E-state index contributed by atoms with van der Waals surface area (Å²) >= 11 is 1.85. The van der Waals surface area contributed by atoms with Gasteiger partial charge in [0, 0.05) is 35.1 Å². The van der Waals surface area contributed by atoms with Crippen molar-refractivity contribution < 1.29 is 0 Å². The molecule has 1 heterocycles. The lowest BCUT2D eigenvalue weighted by Crippen LogP contribution is -2.14. The van der Waals surface area contributed by atoms with Crippen molar-refractivity contribution in [3.05, 3.63) is 42.0 Å². The second-order valence-electron chi connectivity index (χ2n) is 5.64. The summed E-state index contributed by atoms with van der Waals surface area (Å²) in [5.74, 6) is 0.487. The Labute approximate surface area is 125 Å². The third-order valence-corrected chi connectivity index (χ3v) is 4.75. The van der Waals surface area contributed by atoms with Crippen LogP contribution in [0, 0.1) is 0 Å². The van der Waals surface area contributed by atoms with E-state index in [1.54, 1.807) is 0 Å². The van der Waals surface area contributed by atoms with Gasteiger partial charge in [-0.3, -0.25) is 0 Å². The molecule has 0 amide bonds. The summed E-state index contributed by atoms with van der Waals surface area (Å²) in [6.07, 6.45) is 0. The van der Waals surface area contributed by atoms with Crippen molar-refractivity contribution in [3.8, 4) is 0 Å². The molecule has 0 unspecified atom stereocenters. The fraction of sp³-hybridized carbons (Fsp3) is 0.294. The molecular formula is C17H20N2S. The summed E-state index contributed by atoms with van der Waals surface area (Å²) in [6.45, 7) is 4.52. The average Bonchev–Trinajstić information content (AvgIpc) is 2.43. The monoisotopic (exact) mass is 284 g/mol. The Morgan fingerprint density at radius 2 is 1.75 bits per heavy atom. The van der Waals surface area contributed by atoms with Crippen LogP contribution in [0.2, 0.25) is 0 Å². The molecule has 2 aromatic carbocycles. The maximum Gasteiger partial charge on any atom is 0.0582 e. The molecule has 0 spiro atoms. The maximum atomic E-state index is 3.64. The Kier molecular flexibility index (Phi) is 3.38. The molecule has 0 radical (unpaired) electrons. The number of nitrogens with one attached hydrogen (secondary N) is 1. The van der Waals surface area contributed by atoms with E-state index in [9.17, 15) is 0 Å². The van der Waals surface area contributed by atoms with Crippen LogP contribution in [0.4, 0.5) is 17.1 Å². The van der Waals surface area contributed by atoms with Crippen LogP contribution >= 0.6 is 11.8 Å². The molecule has 0 atom stereocenters. The van der Waals surface area contributed by atoms with Crippen molar-refractivity contribution in [2.45, 2.75) is 29.6 Å². The van der Waals surface area contributed by atoms with Gasteiger partial charge < -0.3 is 10.2 Å². The minimum atomic E-state index is 0.487. The van der Waals surface area contributed by atoms with Gasteiger partial charge in [0.1, 0.15) is 0 Å². The van der Waals surface area contributed by atoms with Gasteiger partial charge in [-0.25, -0.2) is 0 Å². The molecule has 0 aromatic heterocycles. The second-order valence-corrected chi connectivity index (χ2v) is 6.73. The largest absolute Gasteiger partial charge is 0.377 e. The van der Waals surface area contributed by atoms with E-state index in [-0.39, 0.29) is 0 Å². The van der Waals surface area contributed by atoms with E-state index in [0.717, 1.165) is 0 Å². The fourth-order valence-electron chi connectivity index (χ4n) is 2.69. The molecule has 2 nitrogen and oxygen atoms in total. The minimum Gasteiger partial charge on any atom is -0.377 e. The number of nitrogens with zero attached hydrogens (tertiary/aromatic N) is 1. The Bertz CT molecular complexity index is 647. The molecule has 0 fully saturated rings. The highest BCUT2D eigenvalue weighted by atomic mass is 32.2. The first-order chi connectivity index (χ1) is 9.58. The first-order valence-corrected chi connectivity index (χ1v) is 7.77. The molecule has 3 heteroatoms. The highest BCUT2D eigenvalue weighted by molar-refractivity contribution is 7.99. The Morgan fingerprint density at radius 1 is 1.00 bits per heavy atom. The summed E-state index contributed by atoms with van der Waals surface area (Å²) in [5, 5.41) is 3.64. The van der Waals surface area contributed by atoms with Gasteiger partial charge in [-0.15, -0.1) is 0 Å². The summed E-state index contributed by atoms with van der Waals surface area (Å²) in [5.41, 5.74) is 5.18. The van der Waals surface area contributed by atoms with E-state index in [4.69, 9.17) is 0 Å². The van der Waals surface area contributed by atoms with Crippen LogP contribution in [0.5, 0.6) is 0 Å². The number of para-hydroxylation sites is 1. The highest BCUT2D eigenvalue weighted by Crippen LogP contribution is 2.49. The molecular weight excluding hydrogens is 264 g/mol. The summed E-state index contributed by atoms with van der Waals surface area (Å²) in [4.78, 5) is 4.81. The smallest absolute Gasteiger partial charge is 0.0582 e. The number of hydrogen-bond donors (Lipinski definition) is 1. The lowest BCUT2D eigenvalue weighted by molar-refractivity contribution is 0.856. The minimum absolute atomic E-state index is 0.487. The van der Waals surface area contributed by atoms with E-state index in [1.807, 2.05) is 11.8 Å². The topological polar surface area (TPSA) is 15.3 Å². The number of anilines is 3. The molecule has 0 aliphatic carbocycles. The van der Waals surface area contributed by atoms with E-state index in [2.05, 4.69) is 74.6 Å². The number of rotatable bonds is 2. The zero-order valence-electron chi connectivity index (χ0n) is 12.4. The predicted molar refractivity (Wildman–Crippen MR) is 88.7 cm³/mol. The van der Waals surface area contributed by atoms with Crippen molar-refractivity contribution >= 4 is 28.8 Å². The molecule has 20 heavy (non-hydrogen) atoms. The highest BCUT2D eigenvalue weighted by Gasteiger charge is 2.22. The van der Waals surface area contributed by atoms with Gasteiger partial charge in [0.15, 0.2) is 0 Å². The molecule has 1 aliphatic rings. The van der Waals surface area contributed by atoms with Gasteiger partial charge in [0.25, 0.3) is 0 Å². The SMILES string of the molecule is CC(C)c1c(N(C)C)ccc2c1Nc1ccccc1S2. The molecule has 3 rings (SSSR count).